The van der Waals surface area contributed by atoms with Crippen molar-refractivity contribution in [1.82, 2.24) is 9.55 Å². The van der Waals surface area contributed by atoms with Crippen molar-refractivity contribution in [2.75, 3.05) is 22.9 Å². The van der Waals surface area contributed by atoms with Crippen LogP contribution >= 0.6 is 0 Å². The van der Waals surface area contributed by atoms with Gasteiger partial charge in [-0.2, -0.15) is 0 Å². The molecule has 0 bridgehead atoms. The Bertz CT molecular complexity index is 783. The average Bonchev–Trinajstić information content (AvgIpc) is 2.91. The largest absolute Gasteiger partial charge is 0.393 e. The fourth-order valence-corrected chi connectivity index (χ4v) is 3.76. The van der Waals surface area contributed by atoms with Gasteiger partial charge in [0.2, 0.25) is 0 Å². The molecule has 2 atom stereocenters. The van der Waals surface area contributed by atoms with Crippen LogP contribution in [-0.4, -0.2) is 45.8 Å². The van der Waals surface area contributed by atoms with E-state index in [1.54, 1.807) is 11.5 Å². The van der Waals surface area contributed by atoms with Crippen molar-refractivity contribution < 1.29 is 9.90 Å². The number of aromatic amines is 1. The van der Waals surface area contributed by atoms with Crippen molar-refractivity contribution in [3.05, 3.63) is 20.8 Å². The molecule has 2 rings (SSSR count). The van der Waals surface area contributed by atoms with Crippen molar-refractivity contribution >= 4 is 17.3 Å². The number of unbranched alkanes of at least 4 members (excludes halogenated alkanes) is 2. The van der Waals surface area contributed by atoms with Gasteiger partial charge in [0.25, 0.3) is 5.56 Å². The van der Waals surface area contributed by atoms with Crippen LogP contribution in [-0.2, 0) is 11.3 Å². The lowest BCUT2D eigenvalue weighted by Gasteiger charge is -2.33. The molecule has 0 radical (unpaired) electrons. The molecule has 0 saturated carbocycles. The Morgan fingerprint density at radius 3 is 2.32 bits per heavy atom. The van der Waals surface area contributed by atoms with E-state index in [1.165, 1.54) is 6.92 Å². The smallest absolute Gasteiger partial charge is 0.330 e. The number of H-pyrrole nitrogens is 1. The Hall–Kier alpha value is -2.09. The number of carbonyl (C=O) groups excluding carboxylic acids is 1. The van der Waals surface area contributed by atoms with Gasteiger partial charge >= 0.3 is 5.69 Å². The molecular weight excluding hydrogens is 360 g/mol. The van der Waals surface area contributed by atoms with Crippen molar-refractivity contribution in [2.24, 2.45) is 0 Å². The van der Waals surface area contributed by atoms with Gasteiger partial charge in [-0.1, -0.05) is 26.7 Å². The third-order valence-corrected chi connectivity index (χ3v) is 5.17. The van der Waals surface area contributed by atoms with E-state index in [4.69, 9.17) is 0 Å². The molecule has 8 nitrogen and oxygen atoms in total. The maximum Gasteiger partial charge on any atom is 0.330 e. The predicted molar refractivity (Wildman–Crippen MR) is 111 cm³/mol. The topological polar surface area (TPSA) is 98.6 Å². The van der Waals surface area contributed by atoms with Crippen LogP contribution in [0.5, 0.6) is 0 Å². The Morgan fingerprint density at radius 1 is 1.11 bits per heavy atom. The van der Waals surface area contributed by atoms with Crippen LogP contribution in [0.1, 0.15) is 66.2 Å². The summed E-state index contributed by atoms with van der Waals surface area (Å²) < 4.78 is 1.65. The van der Waals surface area contributed by atoms with Crippen LogP contribution < -0.4 is 21.0 Å². The van der Waals surface area contributed by atoms with Gasteiger partial charge in [-0.05, 0) is 26.7 Å². The molecule has 2 N–H and O–H groups in total. The third kappa shape index (κ3) is 4.84. The minimum absolute atomic E-state index is 0.0417. The highest BCUT2D eigenvalue weighted by molar-refractivity contribution is 5.78. The van der Waals surface area contributed by atoms with Crippen LogP contribution in [0, 0.1) is 0 Å². The number of aromatic nitrogens is 2. The molecule has 0 saturated heterocycles. The van der Waals surface area contributed by atoms with E-state index >= 15 is 0 Å². The average molecular weight is 395 g/mol. The normalized spacial score (nSPS) is 17.1. The van der Waals surface area contributed by atoms with E-state index in [-0.39, 0.29) is 11.9 Å². The molecule has 1 aliphatic rings. The second kappa shape index (κ2) is 9.91. The van der Waals surface area contributed by atoms with Gasteiger partial charge in [-0.25, -0.2) is 4.79 Å². The number of rotatable bonds is 11. The van der Waals surface area contributed by atoms with Crippen molar-refractivity contribution in [1.29, 1.82) is 0 Å². The fourth-order valence-electron chi connectivity index (χ4n) is 3.76. The van der Waals surface area contributed by atoms with Gasteiger partial charge < -0.3 is 14.9 Å². The number of fused-ring (bicyclic) bond motifs is 1. The molecule has 8 heteroatoms. The number of carbonyl (C=O) groups is 1. The van der Waals surface area contributed by atoms with Gasteiger partial charge in [-0.3, -0.25) is 19.1 Å². The molecule has 0 fully saturated rings. The molecule has 2 heterocycles. The van der Waals surface area contributed by atoms with Crippen molar-refractivity contribution in [3.8, 4) is 0 Å². The number of aliphatic hydroxyl groups excluding tert-OH is 1. The lowest BCUT2D eigenvalue weighted by atomic mass is 10.2. The highest BCUT2D eigenvalue weighted by atomic mass is 16.3. The van der Waals surface area contributed by atoms with Gasteiger partial charge in [0.05, 0.1) is 6.10 Å². The van der Waals surface area contributed by atoms with E-state index in [0.717, 1.165) is 25.7 Å². The maximum atomic E-state index is 12.8. The summed E-state index contributed by atoms with van der Waals surface area (Å²) in [7, 11) is 0. The highest BCUT2D eigenvalue weighted by Crippen LogP contribution is 2.38. The first-order chi connectivity index (χ1) is 13.3. The minimum Gasteiger partial charge on any atom is -0.393 e. The third-order valence-electron chi connectivity index (χ3n) is 5.17. The first-order valence-corrected chi connectivity index (χ1v) is 10.4. The number of nitrogens with zero attached hydrogens (tertiary/aromatic N) is 3. The molecule has 0 amide bonds. The fraction of sp³-hybridized carbons (Fsp3) is 0.750. The van der Waals surface area contributed by atoms with Gasteiger partial charge in [0.15, 0.2) is 0 Å². The molecule has 1 aliphatic heterocycles. The van der Waals surface area contributed by atoms with E-state index in [2.05, 4.69) is 23.7 Å². The number of anilines is 2. The summed E-state index contributed by atoms with van der Waals surface area (Å²) in [6, 6.07) is 0. The SMILES string of the molecule is CCCCN1c2c(c(=O)[nH]c(=O)n2CCCC)N(CCC(C)=O)C1CC(C)O. The van der Waals surface area contributed by atoms with Crippen LogP contribution in [0.3, 0.4) is 0 Å². The molecular formula is C20H34N4O4. The first-order valence-electron chi connectivity index (χ1n) is 10.4. The van der Waals surface area contributed by atoms with Crippen LogP contribution in [0.25, 0.3) is 0 Å². The lowest BCUT2D eigenvalue weighted by molar-refractivity contribution is -0.116. The number of aliphatic hydroxyl groups is 1. The molecule has 1 aromatic rings. The summed E-state index contributed by atoms with van der Waals surface area (Å²) in [5.74, 6) is 0.671. The standard InChI is InChI=1S/C20H34N4O4/c1-5-7-10-23-16(13-15(4)26)22(12-9-14(3)25)17-18(27)21-20(28)24(19(17)23)11-8-6-2/h15-16,26H,5-13H2,1-4H3,(H,21,27,28). The Labute approximate surface area is 166 Å². The number of nitrogens with one attached hydrogen (secondary N) is 1. The molecule has 28 heavy (non-hydrogen) atoms. The predicted octanol–water partition coefficient (Wildman–Crippen LogP) is 1.84. The van der Waals surface area contributed by atoms with E-state index in [0.29, 0.717) is 44.0 Å². The van der Waals surface area contributed by atoms with E-state index in [9.17, 15) is 19.5 Å². The zero-order valence-electron chi connectivity index (χ0n) is 17.5. The minimum atomic E-state index is -0.571. The summed E-state index contributed by atoms with van der Waals surface area (Å²) in [6.07, 6.45) is 3.56. The summed E-state index contributed by atoms with van der Waals surface area (Å²) in [5.41, 5.74) is -0.382. The number of Topliss-reactive ketones (excluding diaryl/α,β-unsaturated/α-hetero) is 1. The summed E-state index contributed by atoms with van der Waals surface area (Å²) in [5, 5.41) is 10.1. The number of ketones is 1. The number of hydrogen-bond acceptors (Lipinski definition) is 6. The van der Waals surface area contributed by atoms with E-state index in [1.807, 2.05) is 4.90 Å². The van der Waals surface area contributed by atoms with E-state index < -0.39 is 17.4 Å². The molecule has 1 aromatic heterocycles. The van der Waals surface area contributed by atoms with Crippen molar-refractivity contribution in [3.63, 3.8) is 0 Å². The lowest BCUT2D eigenvalue weighted by Crippen LogP contribution is -2.47. The van der Waals surface area contributed by atoms with Gasteiger partial charge in [-0.15, -0.1) is 0 Å². The van der Waals surface area contributed by atoms with Crippen LogP contribution in [0.4, 0.5) is 11.5 Å². The Kier molecular flexibility index (Phi) is 7.86. The summed E-state index contributed by atoms with van der Waals surface area (Å²) in [4.78, 5) is 43.4. The molecule has 2 unspecified atom stereocenters. The Morgan fingerprint density at radius 2 is 1.75 bits per heavy atom. The number of hydrogen-bond donors (Lipinski definition) is 2. The zero-order chi connectivity index (χ0) is 20.8. The highest BCUT2D eigenvalue weighted by Gasteiger charge is 2.40. The van der Waals surface area contributed by atoms with Gasteiger partial charge in [0.1, 0.15) is 23.5 Å². The summed E-state index contributed by atoms with van der Waals surface area (Å²) in [6.45, 7) is 9.00. The van der Waals surface area contributed by atoms with Crippen LogP contribution in [0.2, 0.25) is 0 Å². The Balaban J connectivity index is 2.62. The second-order valence-electron chi connectivity index (χ2n) is 7.69. The zero-order valence-corrected chi connectivity index (χ0v) is 17.5. The molecule has 0 aliphatic carbocycles. The first kappa shape index (κ1) is 22.2. The molecule has 0 aromatic carbocycles. The monoisotopic (exact) mass is 394 g/mol. The summed E-state index contributed by atoms with van der Waals surface area (Å²) >= 11 is 0. The maximum absolute atomic E-state index is 12.8. The van der Waals surface area contributed by atoms with Crippen molar-refractivity contribution in [2.45, 2.75) is 85.0 Å². The van der Waals surface area contributed by atoms with Crippen LogP contribution in [0.15, 0.2) is 9.59 Å². The molecule has 158 valence electrons. The quantitative estimate of drug-likeness (QED) is 0.594. The molecule has 0 spiro atoms. The van der Waals surface area contributed by atoms with Gasteiger partial charge in [0, 0.05) is 32.5 Å². The second-order valence-corrected chi connectivity index (χ2v) is 7.69.